The quantitative estimate of drug-likeness (QED) is 0.265. The molecule has 1 aromatic heterocycles. The Morgan fingerprint density at radius 3 is 2.65 bits per heavy atom. The lowest BCUT2D eigenvalue weighted by Gasteiger charge is -2.14. The Labute approximate surface area is 195 Å². The standard InChI is InChI=1S/C20H24F3N5O2.HI/c1-3-25-19(27-12-18(29)28-16-5-4-8-24-11-16)26-10-15-7-6-14(2)9-17(15)30-13-20(21,22)23;/h4-9,11H,3,10,12-13H2,1-2H3,(H,28,29)(H2,25,26,27);1H. The minimum Gasteiger partial charge on any atom is -0.484 e. The van der Waals surface area contributed by atoms with Crippen molar-refractivity contribution >= 4 is 41.5 Å². The number of nitrogens with one attached hydrogen (secondary N) is 3. The van der Waals surface area contributed by atoms with Crippen LogP contribution in [0.3, 0.4) is 0 Å². The number of anilines is 1. The average molecular weight is 551 g/mol. The van der Waals surface area contributed by atoms with Crippen LogP contribution >= 0.6 is 24.0 Å². The van der Waals surface area contributed by atoms with Gasteiger partial charge in [0.05, 0.1) is 25.0 Å². The van der Waals surface area contributed by atoms with Gasteiger partial charge in [-0.25, -0.2) is 4.99 Å². The number of aliphatic imine (C=N–C) groups is 1. The van der Waals surface area contributed by atoms with Gasteiger partial charge in [-0.3, -0.25) is 9.78 Å². The number of ether oxygens (including phenoxy) is 1. The van der Waals surface area contributed by atoms with Crippen molar-refractivity contribution in [3.05, 3.63) is 53.9 Å². The monoisotopic (exact) mass is 551 g/mol. The molecule has 0 fully saturated rings. The second-order valence-electron chi connectivity index (χ2n) is 6.35. The molecule has 0 bridgehead atoms. The molecule has 11 heteroatoms. The number of aryl methyl sites for hydroxylation is 1. The molecule has 1 heterocycles. The van der Waals surface area contributed by atoms with E-state index in [1.807, 2.05) is 6.92 Å². The molecule has 0 atom stereocenters. The molecule has 0 aliphatic heterocycles. The summed E-state index contributed by atoms with van der Waals surface area (Å²) in [6, 6.07) is 8.40. The Balaban J connectivity index is 0.00000480. The summed E-state index contributed by atoms with van der Waals surface area (Å²) in [5.41, 5.74) is 1.84. The van der Waals surface area contributed by atoms with E-state index in [1.54, 1.807) is 37.4 Å². The summed E-state index contributed by atoms with van der Waals surface area (Å²) in [7, 11) is 0. The van der Waals surface area contributed by atoms with E-state index >= 15 is 0 Å². The molecular formula is C20H25F3IN5O2. The van der Waals surface area contributed by atoms with Crippen molar-refractivity contribution in [2.45, 2.75) is 26.6 Å². The van der Waals surface area contributed by atoms with Crippen LogP contribution in [-0.2, 0) is 11.3 Å². The molecule has 7 nitrogen and oxygen atoms in total. The number of guanidine groups is 1. The minimum absolute atomic E-state index is 0. The Hall–Kier alpha value is -2.57. The maximum absolute atomic E-state index is 12.5. The highest BCUT2D eigenvalue weighted by Crippen LogP contribution is 2.24. The van der Waals surface area contributed by atoms with Gasteiger partial charge in [-0.1, -0.05) is 12.1 Å². The maximum Gasteiger partial charge on any atom is 0.422 e. The third-order valence-corrected chi connectivity index (χ3v) is 3.73. The number of hydrogen-bond donors (Lipinski definition) is 3. The van der Waals surface area contributed by atoms with Crippen molar-refractivity contribution in [3.8, 4) is 5.75 Å². The van der Waals surface area contributed by atoms with Crippen molar-refractivity contribution in [1.82, 2.24) is 15.6 Å². The van der Waals surface area contributed by atoms with E-state index < -0.39 is 12.8 Å². The average Bonchev–Trinajstić information content (AvgIpc) is 2.69. The lowest BCUT2D eigenvalue weighted by atomic mass is 10.1. The van der Waals surface area contributed by atoms with Crippen molar-refractivity contribution < 1.29 is 22.7 Å². The number of halogens is 4. The zero-order chi connectivity index (χ0) is 22.0. The molecular weight excluding hydrogens is 526 g/mol. The van der Waals surface area contributed by atoms with Gasteiger partial charge in [0.1, 0.15) is 5.75 Å². The van der Waals surface area contributed by atoms with Crippen LogP contribution in [-0.4, -0.2) is 42.7 Å². The number of amides is 1. The zero-order valence-corrected chi connectivity index (χ0v) is 19.5. The van der Waals surface area contributed by atoms with Crippen LogP contribution in [0.2, 0.25) is 0 Å². The van der Waals surface area contributed by atoms with Crippen LogP contribution < -0.4 is 20.7 Å². The molecule has 1 aromatic carbocycles. The molecule has 0 spiro atoms. The van der Waals surface area contributed by atoms with E-state index in [-0.39, 0.29) is 48.7 Å². The van der Waals surface area contributed by atoms with E-state index in [1.165, 1.54) is 12.3 Å². The number of carbonyl (C=O) groups excluding carboxylic acids is 1. The van der Waals surface area contributed by atoms with Crippen LogP contribution in [0.4, 0.5) is 18.9 Å². The summed E-state index contributed by atoms with van der Waals surface area (Å²) in [6.45, 7) is 2.82. The van der Waals surface area contributed by atoms with Gasteiger partial charge in [-0.05, 0) is 37.6 Å². The number of alkyl halides is 3. The first kappa shape index (κ1) is 26.5. The smallest absolute Gasteiger partial charge is 0.422 e. The molecule has 2 aromatic rings. The third kappa shape index (κ3) is 10.3. The lowest BCUT2D eigenvalue weighted by molar-refractivity contribution is -0.153. The van der Waals surface area contributed by atoms with E-state index in [4.69, 9.17) is 4.74 Å². The summed E-state index contributed by atoms with van der Waals surface area (Å²) in [4.78, 5) is 20.3. The van der Waals surface area contributed by atoms with Crippen LogP contribution in [0, 0.1) is 6.92 Å². The molecule has 2 rings (SSSR count). The van der Waals surface area contributed by atoms with E-state index in [0.29, 0.717) is 23.8 Å². The number of benzene rings is 1. The van der Waals surface area contributed by atoms with Gasteiger partial charge < -0.3 is 20.7 Å². The molecule has 1 amide bonds. The van der Waals surface area contributed by atoms with E-state index in [9.17, 15) is 18.0 Å². The number of hydrogen-bond acceptors (Lipinski definition) is 4. The molecule has 3 N–H and O–H groups in total. The second kappa shape index (κ2) is 13.0. The fourth-order valence-electron chi connectivity index (χ4n) is 2.40. The highest BCUT2D eigenvalue weighted by molar-refractivity contribution is 14.0. The van der Waals surface area contributed by atoms with Gasteiger partial charge >= 0.3 is 6.18 Å². The van der Waals surface area contributed by atoms with Crippen LogP contribution in [0.1, 0.15) is 18.1 Å². The highest BCUT2D eigenvalue weighted by atomic mass is 127. The first-order chi connectivity index (χ1) is 14.3. The molecule has 31 heavy (non-hydrogen) atoms. The Morgan fingerprint density at radius 2 is 2.00 bits per heavy atom. The van der Waals surface area contributed by atoms with Crippen molar-refractivity contribution in [2.75, 3.05) is 25.0 Å². The van der Waals surface area contributed by atoms with Crippen LogP contribution in [0.5, 0.6) is 5.75 Å². The van der Waals surface area contributed by atoms with Gasteiger partial charge in [0.2, 0.25) is 5.91 Å². The zero-order valence-electron chi connectivity index (χ0n) is 17.1. The summed E-state index contributed by atoms with van der Waals surface area (Å²) in [6.07, 6.45) is -1.30. The number of carbonyl (C=O) groups is 1. The summed E-state index contributed by atoms with van der Waals surface area (Å²) in [5, 5.41) is 8.55. The van der Waals surface area contributed by atoms with Crippen molar-refractivity contribution in [3.63, 3.8) is 0 Å². The molecule has 0 saturated carbocycles. The number of nitrogens with zero attached hydrogens (tertiary/aromatic N) is 2. The summed E-state index contributed by atoms with van der Waals surface area (Å²) < 4.78 is 42.5. The molecule has 0 saturated heterocycles. The van der Waals surface area contributed by atoms with Crippen molar-refractivity contribution in [1.29, 1.82) is 0 Å². The van der Waals surface area contributed by atoms with Gasteiger partial charge in [0.25, 0.3) is 0 Å². The largest absolute Gasteiger partial charge is 0.484 e. The summed E-state index contributed by atoms with van der Waals surface area (Å²) in [5.74, 6) is 0.181. The first-order valence-electron chi connectivity index (χ1n) is 9.28. The SMILES string of the molecule is CCNC(=NCc1ccc(C)cc1OCC(F)(F)F)NCC(=O)Nc1cccnc1.I. The second-order valence-corrected chi connectivity index (χ2v) is 6.35. The third-order valence-electron chi connectivity index (χ3n) is 3.73. The van der Waals surface area contributed by atoms with Gasteiger partial charge in [0.15, 0.2) is 12.6 Å². The molecule has 170 valence electrons. The van der Waals surface area contributed by atoms with Gasteiger partial charge in [-0.15, -0.1) is 24.0 Å². The Morgan fingerprint density at radius 1 is 1.23 bits per heavy atom. The highest BCUT2D eigenvalue weighted by Gasteiger charge is 2.28. The lowest BCUT2D eigenvalue weighted by Crippen LogP contribution is -2.41. The number of rotatable bonds is 8. The topological polar surface area (TPSA) is 87.6 Å². The molecule has 0 aliphatic rings. The van der Waals surface area contributed by atoms with Gasteiger partial charge in [0, 0.05) is 18.3 Å². The molecule has 0 unspecified atom stereocenters. The predicted molar refractivity (Wildman–Crippen MR) is 124 cm³/mol. The van der Waals surface area contributed by atoms with E-state index in [2.05, 4.69) is 25.9 Å². The van der Waals surface area contributed by atoms with Crippen LogP contribution in [0.15, 0.2) is 47.7 Å². The normalized spacial score (nSPS) is 11.3. The Kier molecular flexibility index (Phi) is 11.1. The number of pyridine rings is 1. The Bertz CT molecular complexity index is 864. The van der Waals surface area contributed by atoms with Crippen LogP contribution in [0.25, 0.3) is 0 Å². The number of aromatic nitrogens is 1. The molecule has 0 radical (unpaired) electrons. The summed E-state index contributed by atoms with van der Waals surface area (Å²) >= 11 is 0. The van der Waals surface area contributed by atoms with E-state index in [0.717, 1.165) is 5.56 Å². The van der Waals surface area contributed by atoms with Crippen molar-refractivity contribution in [2.24, 2.45) is 4.99 Å². The van der Waals surface area contributed by atoms with Gasteiger partial charge in [-0.2, -0.15) is 13.2 Å². The molecule has 0 aliphatic carbocycles. The fourth-order valence-corrected chi connectivity index (χ4v) is 2.40. The predicted octanol–water partition coefficient (Wildman–Crippen LogP) is 3.64. The fraction of sp³-hybridized carbons (Fsp3) is 0.350. The first-order valence-corrected chi connectivity index (χ1v) is 9.28. The minimum atomic E-state index is -4.43. The maximum atomic E-state index is 12.5.